The van der Waals surface area contributed by atoms with Crippen molar-refractivity contribution in [3.8, 4) is 5.75 Å². The first-order valence-corrected chi connectivity index (χ1v) is 6.35. The molecule has 0 aliphatic rings. The average molecular weight is 279 g/mol. The lowest BCUT2D eigenvalue weighted by Gasteiger charge is -2.07. The number of nitro groups is 1. The monoisotopic (exact) mass is 279 g/mol. The second kappa shape index (κ2) is 5.58. The lowest BCUT2D eigenvalue weighted by molar-refractivity contribution is -0.385. The summed E-state index contributed by atoms with van der Waals surface area (Å²) in [6, 6.07) is 17.8. The Kier molecular flexibility index (Phi) is 3.47. The minimum Gasteiger partial charge on any atom is -0.489 e. The molecule has 21 heavy (non-hydrogen) atoms. The molecule has 1 heterocycles. The van der Waals surface area contributed by atoms with Gasteiger partial charge in [0.1, 0.15) is 18.6 Å². The van der Waals surface area contributed by atoms with Gasteiger partial charge in [-0.25, -0.2) is 4.98 Å². The first-order valence-electron chi connectivity index (χ1n) is 6.35. The van der Waals surface area contributed by atoms with Gasteiger partial charge in [0.15, 0.2) is 0 Å². The predicted octanol–water partition coefficient (Wildman–Crippen LogP) is 3.52. The third kappa shape index (κ3) is 2.97. The summed E-state index contributed by atoms with van der Waals surface area (Å²) in [6.45, 7) is 0.461. The summed E-state index contributed by atoms with van der Waals surface area (Å²) in [5, 5.41) is 11.3. The summed E-state index contributed by atoms with van der Waals surface area (Å²) in [6.07, 6.45) is 1.20. The normalized spacial score (nSPS) is 10.5. The maximum atomic E-state index is 10.7. The molecule has 0 aliphatic carbocycles. The SMILES string of the molecule is O=[N+]([O-])c1[c]c2ccc(OCc3ccccc3)cc2nc1. The fourth-order valence-corrected chi connectivity index (χ4v) is 1.95. The molecule has 0 N–H and O–H groups in total. The third-order valence-electron chi connectivity index (χ3n) is 3.00. The molecule has 0 amide bonds. The van der Waals surface area contributed by atoms with Crippen LogP contribution in [-0.4, -0.2) is 9.91 Å². The summed E-state index contributed by atoms with van der Waals surface area (Å²) in [4.78, 5) is 14.2. The zero-order chi connectivity index (χ0) is 14.7. The molecular weight excluding hydrogens is 268 g/mol. The minimum atomic E-state index is -0.508. The average Bonchev–Trinajstić information content (AvgIpc) is 2.53. The maximum absolute atomic E-state index is 10.7. The van der Waals surface area contributed by atoms with E-state index in [1.54, 1.807) is 18.2 Å². The van der Waals surface area contributed by atoms with E-state index in [4.69, 9.17) is 4.74 Å². The standard InChI is InChI=1S/C16H11N2O3/c19-18(20)14-8-13-6-7-15(9-16(13)17-10-14)21-11-12-4-2-1-3-5-12/h1-7,9-10H,11H2. The molecule has 0 fully saturated rings. The van der Waals surface area contributed by atoms with E-state index >= 15 is 0 Å². The molecule has 0 unspecified atom stereocenters. The van der Waals surface area contributed by atoms with Crippen LogP contribution in [0.1, 0.15) is 5.56 Å². The van der Waals surface area contributed by atoms with Crippen LogP contribution in [0.2, 0.25) is 0 Å². The first-order chi connectivity index (χ1) is 10.2. The third-order valence-corrected chi connectivity index (χ3v) is 3.00. The number of benzene rings is 2. The number of pyridine rings is 1. The first kappa shape index (κ1) is 13.1. The van der Waals surface area contributed by atoms with Gasteiger partial charge in [0.2, 0.25) is 0 Å². The number of fused-ring (bicyclic) bond motifs is 1. The van der Waals surface area contributed by atoms with E-state index in [0.29, 0.717) is 23.3 Å². The number of hydrogen-bond donors (Lipinski definition) is 0. The Bertz CT molecular complexity index is 788. The second-order valence-electron chi connectivity index (χ2n) is 4.48. The zero-order valence-corrected chi connectivity index (χ0v) is 11.0. The molecule has 0 saturated carbocycles. The van der Waals surface area contributed by atoms with Gasteiger partial charge in [0, 0.05) is 11.5 Å². The van der Waals surface area contributed by atoms with E-state index in [0.717, 1.165) is 5.56 Å². The Hall–Kier alpha value is -2.95. The number of rotatable bonds is 4. The van der Waals surface area contributed by atoms with Crippen molar-refractivity contribution in [2.45, 2.75) is 6.61 Å². The van der Waals surface area contributed by atoms with Gasteiger partial charge in [-0.05, 0) is 17.7 Å². The van der Waals surface area contributed by atoms with Gasteiger partial charge in [0.25, 0.3) is 5.69 Å². The predicted molar refractivity (Wildman–Crippen MR) is 78.0 cm³/mol. The van der Waals surface area contributed by atoms with Gasteiger partial charge >= 0.3 is 0 Å². The highest BCUT2D eigenvalue weighted by molar-refractivity contribution is 5.81. The van der Waals surface area contributed by atoms with Crippen molar-refractivity contribution in [3.05, 3.63) is 76.5 Å². The van der Waals surface area contributed by atoms with Gasteiger partial charge in [-0.3, -0.25) is 10.1 Å². The van der Waals surface area contributed by atoms with Crippen LogP contribution >= 0.6 is 0 Å². The number of hydrogen-bond acceptors (Lipinski definition) is 4. The van der Waals surface area contributed by atoms with Crippen molar-refractivity contribution >= 4 is 16.6 Å². The van der Waals surface area contributed by atoms with Crippen LogP contribution < -0.4 is 4.74 Å². The summed E-state index contributed by atoms with van der Waals surface area (Å²) >= 11 is 0. The summed E-state index contributed by atoms with van der Waals surface area (Å²) < 4.78 is 5.69. The fraction of sp³-hybridized carbons (Fsp3) is 0.0625. The fourth-order valence-electron chi connectivity index (χ4n) is 1.95. The molecule has 103 valence electrons. The van der Waals surface area contributed by atoms with Crippen LogP contribution in [0.25, 0.3) is 10.9 Å². The Labute approximate surface area is 121 Å². The van der Waals surface area contributed by atoms with Crippen molar-refractivity contribution in [1.29, 1.82) is 0 Å². The Balaban J connectivity index is 1.81. The van der Waals surface area contributed by atoms with Crippen molar-refractivity contribution in [2.75, 3.05) is 0 Å². The molecule has 5 nitrogen and oxygen atoms in total. The van der Waals surface area contributed by atoms with Crippen molar-refractivity contribution in [3.63, 3.8) is 0 Å². The Morgan fingerprint density at radius 2 is 2.00 bits per heavy atom. The van der Waals surface area contributed by atoms with Crippen LogP contribution in [-0.2, 0) is 6.61 Å². The zero-order valence-electron chi connectivity index (χ0n) is 11.0. The molecule has 5 heteroatoms. The molecule has 0 atom stereocenters. The molecule has 0 aliphatic heterocycles. The summed E-state index contributed by atoms with van der Waals surface area (Å²) in [5.41, 5.74) is 1.55. The number of aromatic nitrogens is 1. The Morgan fingerprint density at radius 1 is 1.19 bits per heavy atom. The smallest absolute Gasteiger partial charge is 0.296 e. The Morgan fingerprint density at radius 3 is 2.76 bits per heavy atom. The molecule has 1 radical (unpaired) electrons. The van der Waals surface area contributed by atoms with Crippen molar-refractivity contribution in [2.24, 2.45) is 0 Å². The lowest BCUT2D eigenvalue weighted by atomic mass is 10.2. The maximum Gasteiger partial charge on any atom is 0.296 e. The quantitative estimate of drug-likeness (QED) is 0.541. The van der Waals surface area contributed by atoms with Crippen molar-refractivity contribution in [1.82, 2.24) is 4.98 Å². The van der Waals surface area contributed by atoms with E-state index in [9.17, 15) is 10.1 Å². The molecule has 1 aromatic heterocycles. The molecule has 0 bridgehead atoms. The van der Waals surface area contributed by atoms with E-state index in [-0.39, 0.29) is 5.69 Å². The largest absolute Gasteiger partial charge is 0.489 e. The highest BCUT2D eigenvalue weighted by Crippen LogP contribution is 2.22. The molecule has 2 aromatic carbocycles. The number of ether oxygens (including phenoxy) is 1. The van der Waals surface area contributed by atoms with Crippen LogP contribution in [0.3, 0.4) is 0 Å². The van der Waals surface area contributed by atoms with E-state index in [1.165, 1.54) is 6.20 Å². The highest BCUT2D eigenvalue weighted by atomic mass is 16.6. The van der Waals surface area contributed by atoms with Gasteiger partial charge in [-0.15, -0.1) is 0 Å². The highest BCUT2D eigenvalue weighted by Gasteiger charge is 2.08. The van der Waals surface area contributed by atoms with Crippen LogP contribution in [0.5, 0.6) is 5.75 Å². The van der Waals surface area contributed by atoms with Crippen molar-refractivity contribution < 1.29 is 9.66 Å². The van der Waals surface area contributed by atoms with E-state index in [1.807, 2.05) is 30.3 Å². The summed E-state index contributed by atoms with van der Waals surface area (Å²) in [7, 11) is 0. The van der Waals surface area contributed by atoms with Crippen LogP contribution in [0, 0.1) is 16.2 Å². The van der Waals surface area contributed by atoms with Gasteiger partial charge < -0.3 is 4.74 Å². The minimum absolute atomic E-state index is 0.138. The topological polar surface area (TPSA) is 65.3 Å². The van der Waals surface area contributed by atoms with E-state index < -0.39 is 4.92 Å². The van der Waals surface area contributed by atoms with Gasteiger partial charge in [-0.1, -0.05) is 30.3 Å². The lowest BCUT2D eigenvalue weighted by Crippen LogP contribution is -1.95. The molecule has 3 aromatic rings. The van der Waals surface area contributed by atoms with Crippen LogP contribution in [0.4, 0.5) is 5.69 Å². The van der Waals surface area contributed by atoms with E-state index in [2.05, 4.69) is 11.1 Å². The second-order valence-corrected chi connectivity index (χ2v) is 4.48. The molecule has 3 rings (SSSR count). The molecular formula is C16H11N2O3. The molecule has 0 saturated heterocycles. The number of nitrogens with zero attached hydrogens (tertiary/aromatic N) is 2. The van der Waals surface area contributed by atoms with Crippen LogP contribution in [0.15, 0.2) is 54.7 Å². The van der Waals surface area contributed by atoms with Gasteiger partial charge in [0.05, 0.1) is 16.5 Å². The van der Waals surface area contributed by atoms with Gasteiger partial charge in [-0.2, -0.15) is 0 Å². The summed E-state index contributed by atoms with van der Waals surface area (Å²) in [5.74, 6) is 0.668. The molecule has 0 spiro atoms.